The second kappa shape index (κ2) is 2.82. The van der Waals surface area contributed by atoms with Gasteiger partial charge in [0.2, 0.25) is 11.8 Å². The highest BCUT2D eigenvalue weighted by molar-refractivity contribution is 6.04. The van der Waals surface area contributed by atoms with Crippen LogP contribution in [0.2, 0.25) is 0 Å². The van der Waals surface area contributed by atoms with Gasteiger partial charge in [-0.1, -0.05) is 0 Å². The minimum atomic E-state index is -1.00. The highest BCUT2D eigenvalue weighted by Crippen LogP contribution is 2.10. The summed E-state index contributed by atoms with van der Waals surface area (Å²) in [4.78, 5) is 33.4. The lowest BCUT2D eigenvalue weighted by Gasteiger charge is -2.09. The van der Waals surface area contributed by atoms with Crippen molar-refractivity contribution in [3.05, 3.63) is 0 Å². The Bertz CT molecular complexity index is 251. The van der Waals surface area contributed by atoms with Gasteiger partial charge in [-0.3, -0.25) is 19.3 Å². The molecular formula is C7H9NO3. The molecule has 1 fully saturated rings. The topological polar surface area (TPSA) is 54.5 Å². The van der Waals surface area contributed by atoms with Crippen LogP contribution in [0, 0.1) is 0 Å². The Balaban J connectivity index is 2.70. The van der Waals surface area contributed by atoms with Gasteiger partial charge in [0.05, 0.1) is 6.54 Å². The molecular weight excluding hydrogens is 146 g/mol. The van der Waals surface area contributed by atoms with Gasteiger partial charge in [-0.25, -0.2) is 0 Å². The van der Waals surface area contributed by atoms with Crippen LogP contribution in [0.15, 0.2) is 0 Å². The summed E-state index contributed by atoms with van der Waals surface area (Å²) in [5.74, 6) is -1.23. The first-order valence-electron chi connectivity index (χ1n) is 3.86. The molecule has 0 saturated carbocycles. The summed E-state index contributed by atoms with van der Waals surface area (Å²) in [5, 5.41) is 0. The van der Waals surface area contributed by atoms with Crippen LogP contribution in [0.25, 0.3) is 0 Å². The molecule has 2 amide bonds. The van der Waals surface area contributed by atoms with Crippen molar-refractivity contribution in [1.29, 1.82) is 0 Å². The van der Waals surface area contributed by atoms with E-state index in [1.165, 1.54) is 6.92 Å². The van der Waals surface area contributed by atoms with Crippen LogP contribution in [0.3, 0.4) is 0 Å². The average Bonchev–Trinajstić information content (AvgIpc) is 2.16. The number of nitrogens with zero attached hydrogens (tertiary/aromatic N) is 1. The maximum atomic E-state index is 11.0. The summed E-state index contributed by atoms with van der Waals surface area (Å²) in [6, 6.07) is 0. The third-order valence-electron chi connectivity index (χ3n) is 1.40. The number of rotatable bonds is 2. The molecule has 0 N–H and O–H groups in total. The second-order valence-electron chi connectivity index (χ2n) is 2.43. The summed E-state index contributed by atoms with van der Waals surface area (Å²) in [6.07, 6.45) is -1.09. The summed E-state index contributed by atoms with van der Waals surface area (Å²) in [6.45, 7) is 1.12. The Morgan fingerprint density at radius 1 is 1.64 bits per heavy atom. The van der Waals surface area contributed by atoms with E-state index >= 15 is 0 Å². The van der Waals surface area contributed by atoms with Crippen LogP contribution in [-0.2, 0) is 14.4 Å². The Hall–Kier alpha value is -1.19. The van der Waals surface area contributed by atoms with Gasteiger partial charge in [0.25, 0.3) is 0 Å². The van der Waals surface area contributed by atoms with Gasteiger partial charge in [0.15, 0.2) is 0 Å². The molecule has 1 aliphatic rings. The van der Waals surface area contributed by atoms with Gasteiger partial charge in [0, 0.05) is 14.2 Å². The fourth-order valence-electron chi connectivity index (χ4n) is 0.907. The number of carbonyl (C=O) groups excluding carboxylic acids is 3. The minimum Gasteiger partial charge on any atom is -0.298 e. The largest absolute Gasteiger partial charge is 0.298 e. The van der Waals surface area contributed by atoms with Crippen LogP contribution in [-0.4, -0.2) is 29.0 Å². The monoisotopic (exact) mass is 156 g/mol. The first-order valence-corrected chi connectivity index (χ1v) is 3.28. The number of hydrogen-bond donors (Lipinski definition) is 0. The lowest BCUT2D eigenvalue weighted by molar-refractivity contribution is -0.141. The summed E-state index contributed by atoms with van der Waals surface area (Å²) in [7, 11) is 0. The van der Waals surface area contributed by atoms with E-state index < -0.39 is 18.2 Å². The molecule has 4 nitrogen and oxygen atoms in total. The van der Waals surface area contributed by atoms with Crippen molar-refractivity contribution in [2.24, 2.45) is 0 Å². The first-order chi connectivity index (χ1) is 5.52. The molecule has 0 bridgehead atoms. The van der Waals surface area contributed by atoms with Crippen LogP contribution < -0.4 is 0 Å². The minimum absolute atomic E-state index is 0.0912. The molecule has 0 aromatic heterocycles. The first kappa shape index (κ1) is 6.52. The van der Waals surface area contributed by atoms with E-state index in [0.29, 0.717) is 0 Å². The number of likely N-dealkylation sites (tertiary alicyclic amines) is 1. The fourth-order valence-corrected chi connectivity index (χ4v) is 0.907. The van der Waals surface area contributed by atoms with Gasteiger partial charge in [-0.15, -0.1) is 0 Å². The third kappa shape index (κ3) is 1.63. The molecule has 0 radical (unpaired) electrons. The predicted molar refractivity (Wildman–Crippen MR) is 36.6 cm³/mol. The van der Waals surface area contributed by atoms with Gasteiger partial charge in [-0.05, 0) is 6.92 Å². The Morgan fingerprint density at radius 2 is 2.27 bits per heavy atom. The molecule has 1 rings (SSSR count). The molecule has 1 aliphatic heterocycles. The van der Waals surface area contributed by atoms with Crippen molar-refractivity contribution in [3.8, 4) is 0 Å². The van der Waals surface area contributed by atoms with Crippen LogP contribution in [0.4, 0.5) is 0 Å². The maximum Gasteiger partial charge on any atom is 0.230 e. The van der Waals surface area contributed by atoms with Gasteiger partial charge in [0.1, 0.15) is 5.78 Å². The number of hydrogen-bond acceptors (Lipinski definition) is 3. The van der Waals surface area contributed by atoms with E-state index in [0.717, 1.165) is 4.90 Å². The Labute approximate surface area is 65.6 Å². The SMILES string of the molecule is [2H]C1CC(=O)N(CC(C)=O)C1=O. The predicted octanol–water partition coefficient (Wildman–Crippen LogP) is -0.276. The molecule has 0 aromatic rings. The normalized spacial score (nSPS) is 25.7. The van der Waals surface area contributed by atoms with E-state index in [9.17, 15) is 14.4 Å². The number of ketones is 1. The molecule has 1 atom stereocenters. The Kier molecular flexibility index (Phi) is 1.67. The van der Waals surface area contributed by atoms with Crippen LogP contribution in [0.5, 0.6) is 0 Å². The van der Waals surface area contributed by atoms with Crippen molar-refractivity contribution >= 4 is 17.6 Å². The zero-order valence-electron chi connectivity index (χ0n) is 7.16. The molecule has 4 heteroatoms. The molecule has 0 aliphatic carbocycles. The van der Waals surface area contributed by atoms with E-state index in [4.69, 9.17) is 1.37 Å². The number of amides is 2. The van der Waals surface area contributed by atoms with Crippen molar-refractivity contribution in [2.75, 3.05) is 6.54 Å². The molecule has 1 heterocycles. The van der Waals surface area contributed by atoms with E-state index in [1.54, 1.807) is 0 Å². The lowest BCUT2D eigenvalue weighted by atomic mass is 10.4. The summed E-state index contributed by atoms with van der Waals surface area (Å²) in [5.41, 5.74) is 0. The molecule has 1 saturated heterocycles. The van der Waals surface area contributed by atoms with E-state index in [-0.39, 0.29) is 18.7 Å². The summed E-state index contributed by atoms with van der Waals surface area (Å²) < 4.78 is 7.12. The van der Waals surface area contributed by atoms with Crippen molar-refractivity contribution in [1.82, 2.24) is 4.90 Å². The zero-order valence-corrected chi connectivity index (χ0v) is 6.16. The van der Waals surface area contributed by atoms with Gasteiger partial charge in [-0.2, -0.15) is 0 Å². The van der Waals surface area contributed by atoms with Crippen LogP contribution >= 0.6 is 0 Å². The molecule has 11 heavy (non-hydrogen) atoms. The van der Waals surface area contributed by atoms with Crippen LogP contribution in [0.1, 0.15) is 21.1 Å². The molecule has 0 aromatic carbocycles. The van der Waals surface area contributed by atoms with Crippen molar-refractivity contribution in [2.45, 2.75) is 19.7 Å². The lowest BCUT2D eigenvalue weighted by Crippen LogP contribution is -2.33. The second-order valence-corrected chi connectivity index (χ2v) is 2.43. The highest BCUT2D eigenvalue weighted by Gasteiger charge is 2.29. The zero-order chi connectivity index (χ0) is 9.30. The smallest absolute Gasteiger partial charge is 0.230 e. The third-order valence-corrected chi connectivity index (χ3v) is 1.40. The summed E-state index contributed by atoms with van der Waals surface area (Å²) >= 11 is 0. The fraction of sp³-hybridized carbons (Fsp3) is 0.571. The Morgan fingerprint density at radius 3 is 2.64 bits per heavy atom. The standard InChI is InChI=1S/C7H9NO3/c1-5(9)4-8-6(10)2-3-7(8)11/h2-4H2,1H3/i2D. The quantitative estimate of drug-likeness (QED) is 0.517. The van der Waals surface area contributed by atoms with Crippen molar-refractivity contribution in [3.63, 3.8) is 0 Å². The molecule has 60 valence electrons. The van der Waals surface area contributed by atoms with E-state index in [2.05, 4.69) is 0 Å². The van der Waals surface area contributed by atoms with Gasteiger partial charge < -0.3 is 0 Å². The van der Waals surface area contributed by atoms with Crippen molar-refractivity contribution < 1.29 is 15.8 Å². The maximum absolute atomic E-state index is 11.0. The number of Topliss-reactive ketones (excluding diaryl/α,β-unsaturated/α-hetero) is 1. The highest BCUT2D eigenvalue weighted by atomic mass is 16.2. The molecule has 0 spiro atoms. The molecule has 1 unspecified atom stereocenters. The van der Waals surface area contributed by atoms with Gasteiger partial charge >= 0.3 is 0 Å². The number of carbonyl (C=O) groups is 3. The average molecular weight is 156 g/mol. The van der Waals surface area contributed by atoms with E-state index in [1.807, 2.05) is 0 Å². The number of imide groups is 1.